The second-order valence-electron chi connectivity index (χ2n) is 2.37. The lowest BCUT2D eigenvalue weighted by atomic mass is 10.1. The minimum absolute atomic E-state index is 0.0594. The zero-order valence-electron chi connectivity index (χ0n) is 6.87. The molecule has 0 spiro atoms. The normalized spacial score (nSPS) is 8.75. The Labute approximate surface area is 71.3 Å². The first-order chi connectivity index (χ1) is 5.74. The topological polar surface area (TPSA) is 29.4 Å². The number of ketones is 1. The van der Waals surface area contributed by atoms with E-state index in [1.807, 2.05) is 0 Å². The fourth-order valence-corrected chi connectivity index (χ4v) is 0.862. The summed E-state index contributed by atoms with van der Waals surface area (Å²) < 4.78 is 0. The van der Waals surface area contributed by atoms with Crippen molar-refractivity contribution in [2.75, 3.05) is 0 Å². The van der Waals surface area contributed by atoms with Crippen molar-refractivity contribution in [3.05, 3.63) is 36.4 Å². The van der Waals surface area contributed by atoms with Gasteiger partial charge in [-0.3, -0.25) is 4.79 Å². The quantitative estimate of drug-likeness (QED) is 0.481. The first-order valence-corrected chi connectivity index (χ1v) is 3.58. The summed E-state index contributed by atoms with van der Waals surface area (Å²) in [7, 11) is 0. The molecule has 0 aliphatic heterocycles. The molecule has 1 rings (SSSR count). The molecule has 1 aromatic rings. The molecule has 12 heavy (non-hydrogen) atoms. The molecule has 0 bridgehead atoms. The lowest BCUT2D eigenvalue weighted by Crippen LogP contribution is -1.89. The third-order valence-corrected chi connectivity index (χ3v) is 1.48. The maximum absolute atomic E-state index is 10.9. The molecular formula is C10H9NO. The molecule has 0 saturated heterocycles. The van der Waals surface area contributed by atoms with Gasteiger partial charge in [0.05, 0.1) is 5.69 Å². The van der Waals surface area contributed by atoms with E-state index in [4.69, 9.17) is 0 Å². The van der Waals surface area contributed by atoms with Crippen molar-refractivity contribution >= 4 is 17.3 Å². The number of rotatable bonds is 2. The Morgan fingerprint density at radius 2 is 2.00 bits per heavy atom. The van der Waals surface area contributed by atoms with Gasteiger partial charge in [-0.1, -0.05) is 0 Å². The second kappa shape index (κ2) is 3.65. The van der Waals surface area contributed by atoms with Gasteiger partial charge in [-0.15, -0.1) is 0 Å². The van der Waals surface area contributed by atoms with Crippen LogP contribution in [0.1, 0.15) is 17.3 Å². The fourth-order valence-electron chi connectivity index (χ4n) is 0.862. The molecule has 2 nitrogen and oxygen atoms in total. The predicted octanol–water partition coefficient (Wildman–Crippen LogP) is 2.38. The molecule has 0 aliphatic carbocycles. The zero-order valence-corrected chi connectivity index (χ0v) is 6.87. The van der Waals surface area contributed by atoms with Crippen LogP contribution in [0.2, 0.25) is 0 Å². The van der Waals surface area contributed by atoms with E-state index in [-0.39, 0.29) is 5.78 Å². The first kappa shape index (κ1) is 8.44. The average molecular weight is 159 g/mol. The first-order valence-electron chi connectivity index (χ1n) is 3.58. The van der Waals surface area contributed by atoms with Crippen molar-refractivity contribution in [3.63, 3.8) is 0 Å². The smallest absolute Gasteiger partial charge is 0.159 e. The number of aliphatic imine (C=N–C) groups is 1. The Morgan fingerprint density at radius 1 is 1.42 bits per heavy atom. The minimum atomic E-state index is 0.0594. The summed E-state index contributed by atoms with van der Waals surface area (Å²) >= 11 is 0. The van der Waals surface area contributed by atoms with E-state index in [1.54, 1.807) is 24.3 Å². The van der Waals surface area contributed by atoms with Crippen LogP contribution in [0.25, 0.3) is 0 Å². The van der Waals surface area contributed by atoms with Gasteiger partial charge in [0.1, 0.15) is 0 Å². The number of carbonyl (C=O) groups is 1. The number of Topliss-reactive ketones (excluding diaryl/α,β-unsaturated/α-hetero) is 1. The maximum atomic E-state index is 10.9. The summed E-state index contributed by atoms with van der Waals surface area (Å²) in [6, 6.07) is 6.99. The van der Waals surface area contributed by atoms with Gasteiger partial charge >= 0.3 is 0 Å². The fraction of sp³-hybridized carbons (Fsp3) is 0.100. The summed E-state index contributed by atoms with van der Waals surface area (Å²) in [5.74, 6) is 2.48. The van der Waals surface area contributed by atoms with Gasteiger partial charge < -0.3 is 0 Å². The van der Waals surface area contributed by atoms with Crippen LogP contribution in [0, 0.1) is 0 Å². The van der Waals surface area contributed by atoms with E-state index in [9.17, 15) is 4.79 Å². The standard InChI is InChI=1S/C10H9NO/c1-3-11-10-6-4-9(5-7-10)8(2)12/h4-7H,1H2,2H3. The van der Waals surface area contributed by atoms with Gasteiger partial charge in [0.2, 0.25) is 0 Å². The van der Waals surface area contributed by atoms with Crippen molar-refractivity contribution < 1.29 is 4.79 Å². The van der Waals surface area contributed by atoms with Crippen LogP contribution in [-0.2, 0) is 0 Å². The summed E-state index contributed by atoms with van der Waals surface area (Å²) in [5.41, 5.74) is 1.45. The summed E-state index contributed by atoms with van der Waals surface area (Å²) in [6.07, 6.45) is 0. The zero-order chi connectivity index (χ0) is 8.97. The monoisotopic (exact) mass is 159 g/mol. The van der Waals surface area contributed by atoms with Gasteiger partial charge in [-0.2, -0.15) is 0 Å². The Bertz CT molecular complexity index is 310. The van der Waals surface area contributed by atoms with Crippen LogP contribution in [0.5, 0.6) is 0 Å². The third kappa shape index (κ3) is 1.91. The molecule has 0 saturated carbocycles. The van der Waals surface area contributed by atoms with E-state index in [0.29, 0.717) is 5.56 Å². The molecule has 2 heteroatoms. The van der Waals surface area contributed by atoms with Crippen LogP contribution < -0.4 is 0 Å². The SMILES string of the molecule is C=C=Nc1ccc(C(C)=O)cc1. The molecule has 0 radical (unpaired) electrons. The van der Waals surface area contributed by atoms with E-state index < -0.39 is 0 Å². The Kier molecular flexibility index (Phi) is 2.57. The van der Waals surface area contributed by atoms with Gasteiger partial charge in [0.15, 0.2) is 5.78 Å². The third-order valence-electron chi connectivity index (χ3n) is 1.48. The molecular weight excluding hydrogens is 150 g/mol. The van der Waals surface area contributed by atoms with Gasteiger partial charge in [0, 0.05) is 5.56 Å². The highest BCUT2D eigenvalue weighted by Crippen LogP contribution is 2.11. The van der Waals surface area contributed by atoms with E-state index in [0.717, 1.165) is 5.69 Å². The number of hydrogen-bond acceptors (Lipinski definition) is 2. The number of hydrogen-bond donors (Lipinski definition) is 0. The molecule has 0 atom stereocenters. The average Bonchev–Trinajstić information content (AvgIpc) is 2.06. The lowest BCUT2D eigenvalue weighted by molar-refractivity contribution is 0.101. The molecule has 0 heterocycles. The Hall–Kier alpha value is -1.66. The van der Waals surface area contributed by atoms with Crippen LogP contribution >= 0.6 is 0 Å². The second-order valence-corrected chi connectivity index (χ2v) is 2.37. The minimum Gasteiger partial charge on any atom is -0.295 e. The van der Waals surface area contributed by atoms with Gasteiger partial charge in [0.25, 0.3) is 0 Å². The Balaban J connectivity index is 3.00. The van der Waals surface area contributed by atoms with Gasteiger partial charge in [-0.25, -0.2) is 4.99 Å². The van der Waals surface area contributed by atoms with Crippen molar-refractivity contribution in [2.24, 2.45) is 4.99 Å². The summed E-state index contributed by atoms with van der Waals surface area (Å²) in [6.45, 7) is 4.89. The van der Waals surface area contributed by atoms with Crippen molar-refractivity contribution in [1.29, 1.82) is 0 Å². The molecule has 60 valence electrons. The van der Waals surface area contributed by atoms with Crippen molar-refractivity contribution in [2.45, 2.75) is 6.92 Å². The number of benzene rings is 1. The van der Waals surface area contributed by atoms with Gasteiger partial charge in [-0.05, 0) is 43.6 Å². The highest BCUT2D eigenvalue weighted by molar-refractivity contribution is 5.94. The predicted molar refractivity (Wildman–Crippen MR) is 49.2 cm³/mol. The van der Waals surface area contributed by atoms with E-state index >= 15 is 0 Å². The van der Waals surface area contributed by atoms with E-state index in [1.165, 1.54) is 6.92 Å². The molecule has 0 N–H and O–H groups in total. The molecule has 1 aromatic carbocycles. The lowest BCUT2D eigenvalue weighted by Gasteiger charge is -1.94. The van der Waals surface area contributed by atoms with Crippen LogP contribution in [-0.4, -0.2) is 11.7 Å². The van der Waals surface area contributed by atoms with Crippen molar-refractivity contribution in [3.8, 4) is 0 Å². The highest BCUT2D eigenvalue weighted by Gasteiger charge is 1.96. The molecule has 0 fully saturated rings. The molecule has 0 amide bonds. The molecule has 0 unspecified atom stereocenters. The Morgan fingerprint density at radius 3 is 2.42 bits per heavy atom. The molecule has 0 aromatic heterocycles. The number of carbonyl (C=O) groups excluding carboxylic acids is 1. The molecule has 0 aliphatic rings. The summed E-state index contributed by atoms with van der Waals surface area (Å²) in [5, 5.41) is 0. The number of nitrogens with zero attached hydrogens (tertiary/aromatic N) is 1. The summed E-state index contributed by atoms with van der Waals surface area (Å²) in [4.78, 5) is 14.7. The highest BCUT2D eigenvalue weighted by atomic mass is 16.1. The van der Waals surface area contributed by atoms with Crippen LogP contribution in [0.15, 0.2) is 35.8 Å². The van der Waals surface area contributed by atoms with E-state index in [2.05, 4.69) is 17.4 Å². The maximum Gasteiger partial charge on any atom is 0.159 e. The van der Waals surface area contributed by atoms with Crippen LogP contribution in [0.3, 0.4) is 0 Å². The van der Waals surface area contributed by atoms with Crippen LogP contribution in [0.4, 0.5) is 5.69 Å². The van der Waals surface area contributed by atoms with Crippen molar-refractivity contribution in [1.82, 2.24) is 0 Å². The largest absolute Gasteiger partial charge is 0.295 e.